The number of Topliss-reactive ketones (excluding diaryl/α,β-unsaturated/α-hetero) is 2. The van der Waals surface area contributed by atoms with Gasteiger partial charge in [0.1, 0.15) is 11.6 Å². The Kier molecular flexibility index (Phi) is 25.5. The van der Waals surface area contributed by atoms with Crippen LogP contribution in [0.3, 0.4) is 0 Å². The van der Waals surface area contributed by atoms with E-state index in [2.05, 4.69) is 85.8 Å². The zero-order chi connectivity index (χ0) is 29.3. The predicted octanol–water partition coefficient (Wildman–Crippen LogP) is 11.6. The molecular weight excluding hydrogens is 464 g/mol. The summed E-state index contributed by atoms with van der Waals surface area (Å²) < 4.78 is 0. The van der Waals surface area contributed by atoms with Gasteiger partial charge in [-0.25, -0.2) is 0 Å². The van der Waals surface area contributed by atoms with Crippen molar-refractivity contribution in [1.29, 1.82) is 0 Å². The van der Waals surface area contributed by atoms with Gasteiger partial charge in [0.15, 0.2) is 0 Å². The van der Waals surface area contributed by atoms with Crippen molar-refractivity contribution in [1.82, 2.24) is 0 Å². The molecule has 0 bridgehead atoms. The third-order valence-electron chi connectivity index (χ3n) is 6.49. The van der Waals surface area contributed by atoms with E-state index in [4.69, 9.17) is 0 Å². The lowest BCUT2D eigenvalue weighted by Gasteiger charge is -2.05. The third kappa shape index (κ3) is 32.1. The van der Waals surface area contributed by atoms with Crippen molar-refractivity contribution in [3.8, 4) is 0 Å². The molecule has 0 aromatic heterocycles. The molecule has 0 rings (SSSR count). The van der Waals surface area contributed by atoms with Crippen LogP contribution in [-0.4, -0.2) is 11.6 Å². The van der Waals surface area contributed by atoms with E-state index in [1.54, 1.807) is 13.8 Å². The smallest absolute Gasteiger partial charge is 0.130 e. The van der Waals surface area contributed by atoms with Gasteiger partial charge >= 0.3 is 0 Å². The topological polar surface area (TPSA) is 34.1 Å². The van der Waals surface area contributed by atoms with Gasteiger partial charge in [0.05, 0.1) is 0 Å². The highest BCUT2D eigenvalue weighted by Gasteiger charge is 1.97. The largest absolute Gasteiger partial charge is 0.300 e. The molecule has 0 aliphatic rings. The summed E-state index contributed by atoms with van der Waals surface area (Å²) in [5, 5.41) is 0. The summed E-state index contributed by atoms with van der Waals surface area (Å²) in [6, 6.07) is 0. The molecule has 218 valence electrons. The highest BCUT2D eigenvalue weighted by molar-refractivity contribution is 5.75. The molecule has 0 aliphatic heterocycles. The van der Waals surface area contributed by atoms with E-state index in [1.165, 1.54) is 47.1 Å². The molecule has 0 unspecified atom stereocenters. The van der Waals surface area contributed by atoms with Gasteiger partial charge in [0.25, 0.3) is 0 Å². The molecule has 0 radical (unpaired) electrons. The average molecular weight is 527 g/mol. The van der Waals surface area contributed by atoms with Gasteiger partial charge in [0.2, 0.25) is 0 Å². The van der Waals surface area contributed by atoms with Crippen LogP contribution in [0.5, 0.6) is 0 Å². The van der Waals surface area contributed by atoms with Crippen LogP contribution < -0.4 is 0 Å². The maximum absolute atomic E-state index is 10.8. The first-order valence-corrected chi connectivity index (χ1v) is 15.1. The summed E-state index contributed by atoms with van der Waals surface area (Å²) in [5.41, 5.74) is 7.21. The predicted molar refractivity (Wildman–Crippen MR) is 171 cm³/mol. The lowest BCUT2D eigenvalue weighted by molar-refractivity contribution is -0.117. The van der Waals surface area contributed by atoms with Gasteiger partial charge in [-0.05, 0) is 126 Å². The van der Waals surface area contributed by atoms with Gasteiger partial charge in [-0.1, -0.05) is 78.5 Å². The Morgan fingerprint density at radius 3 is 1.11 bits per heavy atom. The van der Waals surface area contributed by atoms with Gasteiger partial charge in [0, 0.05) is 12.8 Å². The number of rotatable bonds is 19. The molecule has 2 nitrogen and oxygen atoms in total. The van der Waals surface area contributed by atoms with Crippen LogP contribution in [0.2, 0.25) is 0 Å². The fourth-order valence-electron chi connectivity index (χ4n) is 3.92. The summed E-state index contributed by atoms with van der Waals surface area (Å²) >= 11 is 0. The molecule has 0 heterocycles. The summed E-state index contributed by atoms with van der Waals surface area (Å²) in [6.45, 7) is 21.0. The highest BCUT2D eigenvalue weighted by Crippen LogP contribution is 2.15. The minimum atomic E-state index is 0.277. The molecule has 0 fully saturated rings. The van der Waals surface area contributed by atoms with Crippen LogP contribution in [0.25, 0.3) is 0 Å². The maximum Gasteiger partial charge on any atom is 0.130 e. The molecule has 0 amide bonds. The molecule has 0 N–H and O–H groups in total. The second-order valence-electron chi connectivity index (χ2n) is 11.9. The third-order valence-corrected chi connectivity index (χ3v) is 6.49. The quantitative estimate of drug-likeness (QED) is 0.157. The Morgan fingerprint density at radius 2 is 0.789 bits per heavy atom. The number of ketones is 2. The second-order valence-corrected chi connectivity index (χ2v) is 11.9. The average Bonchev–Trinajstić information content (AvgIpc) is 2.78. The molecule has 2 heteroatoms. The van der Waals surface area contributed by atoms with E-state index in [0.717, 1.165) is 57.3 Å². The number of carbonyl (C=O) groups excluding carboxylic acids is 2. The molecule has 0 aliphatic carbocycles. The minimum Gasteiger partial charge on any atom is -0.300 e. The van der Waals surface area contributed by atoms with Gasteiger partial charge in [-0.2, -0.15) is 0 Å². The normalized spacial score (nSPS) is 12.8. The molecular formula is C36H62O2. The van der Waals surface area contributed by atoms with Crippen molar-refractivity contribution in [2.24, 2.45) is 5.92 Å². The molecule has 0 aromatic rings. The lowest BCUT2D eigenvalue weighted by Crippen LogP contribution is -1.88. The van der Waals surface area contributed by atoms with Crippen LogP contribution in [-0.2, 0) is 9.59 Å². The first kappa shape index (κ1) is 38.2. The Bertz CT molecular complexity index is 795. The Hall–Kier alpha value is -1.96. The van der Waals surface area contributed by atoms with E-state index >= 15 is 0 Å². The minimum absolute atomic E-state index is 0.277. The fourth-order valence-corrected chi connectivity index (χ4v) is 3.92. The van der Waals surface area contributed by atoms with Crippen LogP contribution >= 0.6 is 0 Å². The standard InChI is InChI=1S/C18H32O.C18H30O/c2*1-15(2)9-6-10-16(3)11-7-12-17(4)13-8-14-18(5)19/h11,13,15H,6-10,12,14H2,1-5H3;9,11,13H,6-8,10,12,14H2,1-5H3. The van der Waals surface area contributed by atoms with Gasteiger partial charge in [-0.3, -0.25) is 0 Å². The van der Waals surface area contributed by atoms with E-state index in [9.17, 15) is 9.59 Å². The number of allylic oxidation sites excluding steroid dienone is 10. The molecule has 38 heavy (non-hydrogen) atoms. The van der Waals surface area contributed by atoms with Crippen LogP contribution in [0.15, 0.2) is 58.2 Å². The van der Waals surface area contributed by atoms with Crippen molar-refractivity contribution in [3.05, 3.63) is 58.2 Å². The molecule has 0 aromatic carbocycles. The Balaban J connectivity index is 0. The lowest BCUT2D eigenvalue weighted by atomic mass is 10.0. The van der Waals surface area contributed by atoms with Crippen LogP contribution in [0.1, 0.15) is 153 Å². The van der Waals surface area contributed by atoms with Crippen molar-refractivity contribution in [2.45, 2.75) is 153 Å². The molecule has 0 saturated heterocycles. The SMILES string of the molecule is CC(=O)CCC=C(C)CCC=C(C)CCC=C(C)C.CC(=O)CCC=C(C)CCC=C(C)CCCC(C)C. The first-order valence-electron chi connectivity index (χ1n) is 15.1. The highest BCUT2D eigenvalue weighted by atomic mass is 16.1. The zero-order valence-electron chi connectivity index (χ0n) is 27.0. The summed E-state index contributed by atoms with van der Waals surface area (Å²) in [6.07, 6.45) is 25.3. The molecule has 0 saturated carbocycles. The fraction of sp³-hybridized carbons (Fsp3) is 0.667. The summed E-state index contributed by atoms with van der Waals surface area (Å²) in [5.74, 6) is 1.38. The van der Waals surface area contributed by atoms with Crippen molar-refractivity contribution >= 4 is 11.6 Å². The van der Waals surface area contributed by atoms with E-state index in [-0.39, 0.29) is 11.6 Å². The Labute approximate surface area is 237 Å². The molecule has 0 atom stereocenters. The molecule has 0 spiro atoms. The van der Waals surface area contributed by atoms with Crippen LogP contribution in [0, 0.1) is 5.92 Å². The van der Waals surface area contributed by atoms with Crippen LogP contribution in [0.4, 0.5) is 0 Å². The van der Waals surface area contributed by atoms with Crippen molar-refractivity contribution < 1.29 is 9.59 Å². The Morgan fingerprint density at radius 1 is 0.474 bits per heavy atom. The van der Waals surface area contributed by atoms with Crippen molar-refractivity contribution in [3.63, 3.8) is 0 Å². The summed E-state index contributed by atoms with van der Waals surface area (Å²) in [7, 11) is 0. The number of hydrogen-bond donors (Lipinski definition) is 0. The van der Waals surface area contributed by atoms with E-state index in [0.29, 0.717) is 12.8 Å². The van der Waals surface area contributed by atoms with Crippen molar-refractivity contribution in [2.75, 3.05) is 0 Å². The second kappa shape index (κ2) is 25.3. The first-order chi connectivity index (χ1) is 17.8. The van der Waals surface area contributed by atoms with E-state index < -0.39 is 0 Å². The van der Waals surface area contributed by atoms with Gasteiger partial charge in [-0.15, -0.1) is 0 Å². The summed E-state index contributed by atoms with van der Waals surface area (Å²) in [4.78, 5) is 21.7. The van der Waals surface area contributed by atoms with Gasteiger partial charge < -0.3 is 9.59 Å². The maximum atomic E-state index is 10.8. The number of hydrogen-bond acceptors (Lipinski definition) is 2. The number of carbonyl (C=O) groups is 2. The zero-order valence-corrected chi connectivity index (χ0v) is 27.0. The van der Waals surface area contributed by atoms with E-state index in [1.807, 2.05) is 0 Å². The monoisotopic (exact) mass is 526 g/mol.